The van der Waals surface area contributed by atoms with E-state index < -0.39 is 18.5 Å². The molecular weight excluding hydrogens is 176 g/mol. The van der Waals surface area contributed by atoms with Crippen LogP contribution in [0.4, 0.5) is 0 Å². The van der Waals surface area contributed by atoms with Gasteiger partial charge in [0.15, 0.2) is 6.29 Å². The highest BCUT2D eigenvalue weighted by Crippen LogP contribution is 2.23. The van der Waals surface area contributed by atoms with Crippen LogP contribution in [0.15, 0.2) is 0 Å². The number of ether oxygens (including phenoxy) is 3. The summed E-state index contributed by atoms with van der Waals surface area (Å²) in [6, 6.07) is 0. The monoisotopic (exact) mass is 192 g/mol. The average molecular weight is 192 g/mol. The predicted octanol–water partition coefficient (Wildman–Crippen LogP) is -0.886. The molecule has 0 amide bonds. The van der Waals surface area contributed by atoms with Crippen molar-refractivity contribution in [1.82, 2.24) is 0 Å². The standard InChI is InChI=1S/C8H16O5/c1-4-6(11-2)7(12-3)5(9)8(10)13-4/h4-10H,1-3H3/t4-,5+,6-,7-,8+/m0/s1. The molecule has 13 heavy (non-hydrogen) atoms. The van der Waals surface area contributed by atoms with Crippen molar-refractivity contribution in [2.24, 2.45) is 0 Å². The van der Waals surface area contributed by atoms with Crippen LogP contribution in [0.5, 0.6) is 0 Å². The van der Waals surface area contributed by atoms with Gasteiger partial charge >= 0.3 is 0 Å². The molecule has 1 aliphatic heterocycles. The minimum atomic E-state index is -1.20. The molecule has 78 valence electrons. The first-order chi connectivity index (χ1) is 6.11. The lowest BCUT2D eigenvalue weighted by Crippen LogP contribution is -2.57. The fourth-order valence-electron chi connectivity index (χ4n) is 1.60. The molecule has 0 saturated carbocycles. The molecule has 0 aromatic heterocycles. The van der Waals surface area contributed by atoms with Gasteiger partial charge in [-0.25, -0.2) is 0 Å². The van der Waals surface area contributed by atoms with Crippen LogP contribution < -0.4 is 0 Å². The quantitative estimate of drug-likeness (QED) is 0.594. The molecule has 0 aromatic rings. The van der Waals surface area contributed by atoms with E-state index in [1.54, 1.807) is 6.92 Å². The normalized spacial score (nSPS) is 46.4. The van der Waals surface area contributed by atoms with Gasteiger partial charge in [-0.2, -0.15) is 0 Å². The third-order valence-corrected chi connectivity index (χ3v) is 2.31. The minimum Gasteiger partial charge on any atom is -0.385 e. The van der Waals surface area contributed by atoms with Gasteiger partial charge in [0.05, 0.1) is 6.10 Å². The lowest BCUT2D eigenvalue weighted by atomic mass is 10.00. The van der Waals surface area contributed by atoms with Crippen molar-refractivity contribution >= 4 is 0 Å². The van der Waals surface area contributed by atoms with Crippen molar-refractivity contribution in [2.75, 3.05) is 14.2 Å². The fraction of sp³-hybridized carbons (Fsp3) is 1.00. The van der Waals surface area contributed by atoms with E-state index in [4.69, 9.17) is 14.2 Å². The van der Waals surface area contributed by atoms with Crippen LogP contribution in [0, 0.1) is 0 Å². The average Bonchev–Trinajstić information content (AvgIpc) is 2.10. The molecule has 0 unspecified atom stereocenters. The van der Waals surface area contributed by atoms with Gasteiger partial charge in [0.25, 0.3) is 0 Å². The Bertz CT molecular complexity index is 163. The Balaban J connectivity index is 2.71. The van der Waals surface area contributed by atoms with Gasteiger partial charge in [0.1, 0.15) is 18.3 Å². The number of rotatable bonds is 2. The van der Waals surface area contributed by atoms with Gasteiger partial charge in [-0.05, 0) is 6.92 Å². The third kappa shape index (κ3) is 2.00. The van der Waals surface area contributed by atoms with E-state index in [1.807, 2.05) is 0 Å². The molecule has 1 aliphatic rings. The maximum Gasteiger partial charge on any atom is 0.183 e. The zero-order valence-corrected chi connectivity index (χ0v) is 8.01. The first kappa shape index (κ1) is 10.9. The first-order valence-corrected chi connectivity index (χ1v) is 4.19. The van der Waals surface area contributed by atoms with Crippen LogP contribution in [-0.2, 0) is 14.2 Å². The second-order valence-electron chi connectivity index (χ2n) is 3.12. The van der Waals surface area contributed by atoms with Crippen molar-refractivity contribution in [3.63, 3.8) is 0 Å². The summed E-state index contributed by atoms with van der Waals surface area (Å²) in [6.45, 7) is 1.76. The van der Waals surface area contributed by atoms with Gasteiger partial charge in [-0.15, -0.1) is 0 Å². The van der Waals surface area contributed by atoms with E-state index in [-0.39, 0.29) is 12.2 Å². The Morgan fingerprint density at radius 3 is 2.08 bits per heavy atom. The molecular formula is C8H16O5. The second-order valence-corrected chi connectivity index (χ2v) is 3.12. The summed E-state index contributed by atoms with van der Waals surface area (Å²) in [5.41, 5.74) is 0. The van der Waals surface area contributed by atoms with Crippen LogP contribution in [-0.4, -0.2) is 55.1 Å². The smallest absolute Gasteiger partial charge is 0.183 e. The Morgan fingerprint density at radius 2 is 1.62 bits per heavy atom. The minimum absolute atomic E-state index is 0.298. The van der Waals surface area contributed by atoms with E-state index in [2.05, 4.69) is 0 Å². The third-order valence-electron chi connectivity index (χ3n) is 2.31. The van der Waals surface area contributed by atoms with Gasteiger partial charge in [0.2, 0.25) is 0 Å². The maximum atomic E-state index is 9.48. The largest absolute Gasteiger partial charge is 0.385 e. The molecule has 1 heterocycles. The van der Waals surface area contributed by atoms with Crippen molar-refractivity contribution in [3.05, 3.63) is 0 Å². The van der Waals surface area contributed by atoms with Crippen molar-refractivity contribution in [1.29, 1.82) is 0 Å². The van der Waals surface area contributed by atoms with E-state index >= 15 is 0 Å². The van der Waals surface area contributed by atoms with Crippen LogP contribution in [0.2, 0.25) is 0 Å². The van der Waals surface area contributed by atoms with Crippen LogP contribution in [0.25, 0.3) is 0 Å². The summed E-state index contributed by atoms with van der Waals surface area (Å²) in [6.07, 6.45) is -3.47. The van der Waals surface area contributed by atoms with E-state index in [0.717, 1.165) is 0 Å². The summed E-state index contributed by atoms with van der Waals surface area (Å²) < 4.78 is 15.2. The molecule has 1 rings (SSSR count). The molecule has 0 aromatic carbocycles. The number of aliphatic hydroxyl groups excluding tert-OH is 2. The molecule has 0 radical (unpaired) electrons. The fourth-order valence-corrected chi connectivity index (χ4v) is 1.60. The summed E-state index contributed by atoms with van der Waals surface area (Å²) in [4.78, 5) is 0. The highest BCUT2D eigenvalue weighted by atomic mass is 16.7. The topological polar surface area (TPSA) is 68.2 Å². The predicted molar refractivity (Wildman–Crippen MR) is 44.2 cm³/mol. The van der Waals surface area contributed by atoms with Crippen LogP contribution in [0.3, 0.4) is 0 Å². The zero-order chi connectivity index (χ0) is 10.0. The van der Waals surface area contributed by atoms with Gasteiger partial charge in [-0.1, -0.05) is 0 Å². The lowest BCUT2D eigenvalue weighted by Gasteiger charge is -2.40. The van der Waals surface area contributed by atoms with Crippen molar-refractivity contribution in [2.45, 2.75) is 37.6 Å². The Kier molecular flexibility index (Phi) is 3.63. The second kappa shape index (κ2) is 4.34. The summed E-state index contributed by atoms with van der Waals surface area (Å²) in [5.74, 6) is 0. The van der Waals surface area contributed by atoms with Gasteiger partial charge in [0, 0.05) is 14.2 Å². The molecule has 5 heteroatoms. The van der Waals surface area contributed by atoms with Gasteiger partial charge < -0.3 is 24.4 Å². The lowest BCUT2D eigenvalue weighted by molar-refractivity contribution is -0.286. The maximum absolute atomic E-state index is 9.48. The zero-order valence-electron chi connectivity index (χ0n) is 8.01. The molecule has 5 nitrogen and oxygen atoms in total. The van der Waals surface area contributed by atoms with E-state index in [1.165, 1.54) is 14.2 Å². The molecule has 1 saturated heterocycles. The highest BCUT2D eigenvalue weighted by Gasteiger charge is 2.43. The van der Waals surface area contributed by atoms with Gasteiger partial charge in [-0.3, -0.25) is 0 Å². The van der Waals surface area contributed by atoms with Crippen LogP contribution in [0.1, 0.15) is 6.92 Å². The molecule has 0 bridgehead atoms. The SMILES string of the molecule is CO[C@@H]1[C@@H](OC)[C@@H](O)[C@H](O)O[C@H]1C. The van der Waals surface area contributed by atoms with E-state index in [9.17, 15) is 10.2 Å². The van der Waals surface area contributed by atoms with Crippen LogP contribution >= 0.6 is 0 Å². The molecule has 0 aliphatic carbocycles. The summed E-state index contributed by atoms with van der Waals surface area (Å²) >= 11 is 0. The molecule has 5 atom stereocenters. The molecule has 1 fully saturated rings. The highest BCUT2D eigenvalue weighted by molar-refractivity contribution is 4.88. The number of methoxy groups -OCH3 is 2. The molecule has 0 spiro atoms. The van der Waals surface area contributed by atoms with Crippen molar-refractivity contribution in [3.8, 4) is 0 Å². The Morgan fingerprint density at radius 1 is 1.08 bits per heavy atom. The summed E-state index contributed by atoms with van der Waals surface area (Å²) in [5, 5.41) is 18.7. The summed E-state index contributed by atoms with van der Waals surface area (Å²) in [7, 11) is 2.98. The number of hydrogen-bond donors (Lipinski definition) is 2. The van der Waals surface area contributed by atoms with Crippen molar-refractivity contribution < 1.29 is 24.4 Å². The van der Waals surface area contributed by atoms with E-state index in [0.29, 0.717) is 0 Å². The number of hydrogen-bond acceptors (Lipinski definition) is 5. The Labute approximate surface area is 77.2 Å². The Hall–Kier alpha value is -0.200. The molecule has 2 N–H and O–H groups in total. The number of aliphatic hydroxyl groups is 2. The first-order valence-electron chi connectivity index (χ1n) is 4.19.